The van der Waals surface area contributed by atoms with Crippen LogP contribution >= 0.6 is 27.3 Å². The van der Waals surface area contributed by atoms with Crippen LogP contribution in [0, 0.1) is 0 Å². The predicted molar refractivity (Wildman–Crippen MR) is 62.1 cm³/mol. The number of nitrogens with one attached hydrogen (secondary N) is 1. The second kappa shape index (κ2) is 2.94. The minimum absolute atomic E-state index is 0.0279. The molecule has 2 aromatic heterocycles. The SMILES string of the molecule is O=c1[nH]ccc2c(Br)c(C3CC3)sc12. The van der Waals surface area contributed by atoms with E-state index in [1.54, 1.807) is 17.5 Å². The van der Waals surface area contributed by atoms with Crippen LogP contribution in [-0.2, 0) is 0 Å². The van der Waals surface area contributed by atoms with Gasteiger partial charge in [-0.2, -0.15) is 0 Å². The topological polar surface area (TPSA) is 32.9 Å². The van der Waals surface area contributed by atoms with Gasteiger partial charge in [-0.15, -0.1) is 11.3 Å². The van der Waals surface area contributed by atoms with E-state index in [1.165, 1.54) is 17.7 Å². The highest BCUT2D eigenvalue weighted by molar-refractivity contribution is 9.10. The molecule has 72 valence electrons. The Morgan fingerprint density at radius 3 is 2.93 bits per heavy atom. The standard InChI is InChI=1S/C10H8BrNOS/c11-7-6-3-4-12-10(13)9(6)14-8(7)5-1-2-5/h3-5H,1-2H2,(H,12,13). The number of aromatic nitrogens is 1. The smallest absolute Gasteiger partial charge is 0.265 e. The first-order chi connectivity index (χ1) is 6.77. The van der Waals surface area contributed by atoms with Gasteiger partial charge >= 0.3 is 0 Å². The van der Waals surface area contributed by atoms with Gasteiger partial charge in [-0.3, -0.25) is 4.79 Å². The Morgan fingerprint density at radius 2 is 2.29 bits per heavy atom. The fourth-order valence-electron chi connectivity index (χ4n) is 1.63. The number of rotatable bonds is 1. The van der Waals surface area contributed by atoms with Gasteiger partial charge in [-0.05, 0) is 40.8 Å². The molecule has 0 aliphatic heterocycles. The quantitative estimate of drug-likeness (QED) is 0.847. The van der Waals surface area contributed by atoms with Crippen LogP contribution in [0.2, 0.25) is 0 Å². The van der Waals surface area contributed by atoms with Gasteiger partial charge in [0.1, 0.15) is 4.70 Å². The highest BCUT2D eigenvalue weighted by Crippen LogP contribution is 2.48. The Hall–Kier alpha value is -0.610. The van der Waals surface area contributed by atoms with Crippen LogP contribution in [0.25, 0.3) is 10.1 Å². The van der Waals surface area contributed by atoms with Gasteiger partial charge in [0.25, 0.3) is 5.56 Å². The fraction of sp³-hybridized carbons (Fsp3) is 0.300. The van der Waals surface area contributed by atoms with Crippen LogP contribution in [0.3, 0.4) is 0 Å². The lowest BCUT2D eigenvalue weighted by atomic mass is 10.2. The summed E-state index contributed by atoms with van der Waals surface area (Å²) in [6.45, 7) is 0. The van der Waals surface area contributed by atoms with E-state index in [-0.39, 0.29) is 5.56 Å². The number of thiophene rings is 1. The molecule has 0 saturated heterocycles. The zero-order valence-electron chi connectivity index (χ0n) is 7.34. The Labute approximate surface area is 93.1 Å². The summed E-state index contributed by atoms with van der Waals surface area (Å²) in [5, 5.41) is 1.06. The first-order valence-corrected chi connectivity index (χ1v) is 6.18. The molecule has 0 atom stereocenters. The van der Waals surface area contributed by atoms with Crippen molar-refractivity contribution in [3.63, 3.8) is 0 Å². The molecule has 0 amide bonds. The monoisotopic (exact) mass is 269 g/mol. The lowest BCUT2D eigenvalue weighted by Crippen LogP contribution is -2.01. The van der Waals surface area contributed by atoms with Crippen molar-refractivity contribution in [2.45, 2.75) is 18.8 Å². The summed E-state index contributed by atoms with van der Waals surface area (Å²) in [6, 6.07) is 1.96. The Bertz CT molecular complexity index is 553. The van der Waals surface area contributed by atoms with E-state index >= 15 is 0 Å². The van der Waals surface area contributed by atoms with E-state index in [0.29, 0.717) is 5.92 Å². The summed E-state index contributed by atoms with van der Waals surface area (Å²) < 4.78 is 1.98. The lowest BCUT2D eigenvalue weighted by Gasteiger charge is -1.91. The molecule has 0 bridgehead atoms. The zero-order valence-corrected chi connectivity index (χ0v) is 9.74. The van der Waals surface area contributed by atoms with Gasteiger partial charge in [-0.1, -0.05) is 0 Å². The molecule has 1 N–H and O–H groups in total. The molecular formula is C10H8BrNOS. The normalized spacial score (nSPS) is 16.4. The molecule has 1 saturated carbocycles. The molecule has 0 aromatic carbocycles. The largest absolute Gasteiger partial charge is 0.328 e. The molecule has 1 aliphatic carbocycles. The average Bonchev–Trinajstić information content (AvgIpc) is 2.94. The minimum Gasteiger partial charge on any atom is -0.328 e. The Balaban J connectivity index is 2.39. The molecule has 0 radical (unpaired) electrons. The summed E-state index contributed by atoms with van der Waals surface area (Å²) in [5.74, 6) is 0.696. The van der Waals surface area contributed by atoms with Crippen molar-refractivity contribution >= 4 is 37.4 Å². The molecule has 3 rings (SSSR count). The number of hydrogen-bond donors (Lipinski definition) is 1. The fourth-order valence-corrected chi connectivity index (χ4v) is 3.92. The maximum Gasteiger partial charge on any atom is 0.265 e. The summed E-state index contributed by atoms with van der Waals surface area (Å²) in [5.41, 5.74) is 0.0279. The Kier molecular flexibility index (Phi) is 1.82. The van der Waals surface area contributed by atoms with Crippen LogP contribution in [0.1, 0.15) is 23.6 Å². The van der Waals surface area contributed by atoms with Crippen molar-refractivity contribution in [2.24, 2.45) is 0 Å². The molecule has 2 nitrogen and oxygen atoms in total. The van der Waals surface area contributed by atoms with E-state index in [1.807, 2.05) is 6.07 Å². The number of aromatic amines is 1. The lowest BCUT2D eigenvalue weighted by molar-refractivity contribution is 1.17. The predicted octanol–water partition coefficient (Wildman–Crippen LogP) is 3.23. The van der Waals surface area contributed by atoms with Crippen LogP contribution in [0.5, 0.6) is 0 Å². The van der Waals surface area contributed by atoms with E-state index in [2.05, 4.69) is 20.9 Å². The van der Waals surface area contributed by atoms with Gasteiger partial charge < -0.3 is 4.98 Å². The summed E-state index contributed by atoms with van der Waals surface area (Å²) in [6.07, 6.45) is 4.24. The summed E-state index contributed by atoms with van der Waals surface area (Å²) >= 11 is 5.21. The number of hydrogen-bond acceptors (Lipinski definition) is 2. The third kappa shape index (κ3) is 1.17. The maximum absolute atomic E-state index is 11.5. The molecule has 0 unspecified atom stereocenters. The van der Waals surface area contributed by atoms with Gasteiger partial charge in [-0.25, -0.2) is 0 Å². The van der Waals surface area contributed by atoms with Crippen LogP contribution in [0.15, 0.2) is 21.5 Å². The van der Waals surface area contributed by atoms with Crippen molar-refractivity contribution < 1.29 is 0 Å². The van der Waals surface area contributed by atoms with Crippen molar-refractivity contribution in [1.82, 2.24) is 4.98 Å². The number of fused-ring (bicyclic) bond motifs is 1. The molecule has 1 fully saturated rings. The van der Waals surface area contributed by atoms with E-state index in [4.69, 9.17) is 0 Å². The van der Waals surface area contributed by atoms with Crippen molar-refractivity contribution in [3.8, 4) is 0 Å². The average molecular weight is 270 g/mol. The summed E-state index contributed by atoms with van der Waals surface area (Å²) in [7, 11) is 0. The van der Waals surface area contributed by atoms with Crippen LogP contribution < -0.4 is 5.56 Å². The third-order valence-electron chi connectivity index (χ3n) is 2.53. The zero-order chi connectivity index (χ0) is 9.71. The van der Waals surface area contributed by atoms with Crippen molar-refractivity contribution in [1.29, 1.82) is 0 Å². The highest BCUT2D eigenvalue weighted by Gasteiger charge is 2.28. The molecular weight excluding hydrogens is 262 g/mol. The third-order valence-corrected chi connectivity index (χ3v) is 5.01. The first-order valence-electron chi connectivity index (χ1n) is 4.57. The second-order valence-corrected chi connectivity index (χ2v) is 5.45. The van der Waals surface area contributed by atoms with E-state index in [9.17, 15) is 4.79 Å². The van der Waals surface area contributed by atoms with Gasteiger partial charge in [0.05, 0.1) is 0 Å². The molecule has 2 heterocycles. The molecule has 14 heavy (non-hydrogen) atoms. The van der Waals surface area contributed by atoms with Crippen LogP contribution in [0.4, 0.5) is 0 Å². The number of halogens is 1. The van der Waals surface area contributed by atoms with Gasteiger partial charge in [0.15, 0.2) is 0 Å². The molecule has 4 heteroatoms. The van der Waals surface area contributed by atoms with Crippen LogP contribution in [-0.4, -0.2) is 4.98 Å². The number of pyridine rings is 1. The van der Waals surface area contributed by atoms with Gasteiger partial charge in [0.2, 0.25) is 0 Å². The highest BCUT2D eigenvalue weighted by atomic mass is 79.9. The molecule has 1 aliphatic rings. The number of H-pyrrole nitrogens is 1. The minimum atomic E-state index is 0.0279. The van der Waals surface area contributed by atoms with Crippen molar-refractivity contribution in [2.75, 3.05) is 0 Å². The van der Waals surface area contributed by atoms with Crippen molar-refractivity contribution in [3.05, 3.63) is 32.0 Å². The van der Waals surface area contributed by atoms with Gasteiger partial charge in [0, 0.05) is 20.9 Å². The van der Waals surface area contributed by atoms with E-state index in [0.717, 1.165) is 14.6 Å². The molecule has 0 spiro atoms. The first kappa shape index (κ1) is 8.68. The maximum atomic E-state index is 11.5. The second-order valence-electron chi connectivity index (χ2n) is 3.60. The summed E-state index contributed by atoms with van der Waals surface area (Å²) in [4.78, 5) is 15.6. The molecule has 2 aromatic rings. The Morgan fingerprint density at radius 1 is 1.50 bits per heavy atom. The van der Waals surface area contributed by atoms with E-state index < -0.39 is 0 Å².